The average molecular weight is 324 g/mol. The van der Waals surface area contributed by atoms with E-state index in [0.717, 1.165) is 11.3 Å². The number of nitrogens with one attached hydrogen (secondary N) is 1. The van der Waals surface area contributed by atoms with Crippen molar-refractivity contribution in [2.45, 2.75) is 50.6 Å². The zero-order valence-electron chi connectivity index (χ0n) is 14.5. The molecule has 3 nitrogen and oxygen atoms in total. The Kier molecular flexibility index (Phi) is 5.64. The van der Waals surface area contributed by atoms with E-state index in [2.05, 4.69) is 41.5 Å². The summed E-state index contributed by atoms with van der Waals surface area (Å²) in [5, 5.41) is 13.8. The fourth-order valence-electron chi connectivity index (χ4n) is 4.03. The van der Waals surface area contributed by atoms with Gasteiger partial charge in [-0.2, -0.15) is 0 Å². The van der Waals surface area contributed by atoms with Crippen LogP contribution >= 0.6 is 0 Å². The fraction of sp³-hybridized carbons (Fsp3) is 0.476. The number of pyridine rings is 1. The molecule has 2 aromatic rings. The Morgan fingerprint density at radius 1 is 1.08 bits per heavy atom. The number of aliphatic hydroxyl groups excluding tert-OH is 1. The molecular weight excluding hydrogens is 296 g/mol. The minimum absolute atomic E-state index is 0.0825. The van der Waals surface area contributed by atoms with Gasteiger partial charge in [0.1, 0.15) is 0 Å². The largest absolute Gasteiger partial charge is 0.394 e. The van der Waals surface area contributed by atoms with Crippen LogP contribution in [0.15, 0.2) is 54.7 Å². The van der Waals surface area contributed by atoms with E-state index in [9.17, 15) is 5.11 Å². The molecule has 0 bridgehead atoms. The number of nitrogens with zero attached hydrogens (tertiary/aromatic N) is 1. The minimum Gasteiger partial charge on any atom is -0.394 e. The number of hydrogen-bond acceptors (Lipinski definition) is 3. The van der Waals surface area contributed by atoms with Crippen LogP contribution in [0.5, 0.6) is 0 Å². The molecule has 0 spiro atoms. The molecule has 2 N–H and O–H groups in total. The van der Waals surface area contributed by atoms with Crippen molar-refractivity contribution in [2.75, 3.05) is 6.61 Å². The molecule has 0 aliphatic heterocycles. The summed E-state index contributed by atoms with van der Waals surface area (Å²) in [5.74, 6) is 0.541. The standard InChI is InChI=1S/C21H28N2O/c1-21(18-12-6-3-7-13-18,20-14-8-9-15-22-20)23-19(16-24)17-10-4-2-5-11-17/h2,4-5,8-11,14-15,18-19,23-24H,3,6-7,12-13,16H2,1H3/t19-,21+/m1/s1. The van der Waals surface area contributed by atoms with E-state index in [1.807, 2.05) is 30.5 Å². The van der Waals surface area contributed by atoms with E-state index in [1.54, 1.807) is 0 Å². The highest BCUT2D eigenvalue weighted by Crippen LogP contribution is 2.40. The maximum absolute atomic E-state index is 10.0. The average Bonchev–Trinajstić information content (AvgIpc) is 2.68. The topological polar surface area (TPSA) is 45.1 Å². The van der Waals surface area contributed by atoms with Crippen molar-refractivity contribution < 1.29 is 5.11 Å². The molecule has 0 saturated heterocycles. The first-order chi connectivity index (χ1) is 11.7. The van der Waals surface area contributed by atoms with Crippen LogP contribution in [0.2, 0.25) is 0 Å². The number of hydrogen-bond donors (Lipinski definition) is 2. The molecule has 1 aromatic heterocycles. The number of rotatable bonds is 6. The number of aromatic nitrogens is 1. The third kappa shape index (κ3) is 3.68. The SMILES string of the molecule is C[C@@](N[C@H](CO)c1ccccc1)(c1ccccn1)C1CCCCC1. The minimum atomic E-state index is -0.231. The van der Waals surface area contributed by atoms with Crippen molar-refractivity contribution in [1.29, 1.82) is 0 Å². The van der Waals surface area contributed by atoms with Crippen molar-refractivity contribution in [1.82, 2.24) is 10.3 Å². The quantitative estimate of drug-likeness (QED) is 0.837. The molecule has 1 aliphatic carbocycles. The lowest BCUT2D eigenvalue weighted by Crippen LogP contribution is -2.49. The van der Waals surface area contributed by atoms with Gasteiger partial charge in [-0.25, -0.2) is 0 Å². The van der Waals surface area contributed by atoms with Crippen LogP contribution in [0.3, 0.4) is 0 Å². The molecule has 3 heteroatoms. The Morgan fingerprint density at radius 3 is 2.42 bits per heavy atom. The Hall–Kier alpha value is -1.71. The van der Waals surface area contributed by atoms with Gasteiger partial charge in [0, 0.05) is 6.20 Å². The number of benzene rings is 1. The predicted molar refractivity (Wildman–Crippen MR) is 97.6 cm³/mol. The van der Waals surface area contributed by atoms with Gasteiger partial charge in [-0.05, 0) is 43.4 Å². The van der Waals surface area contributed by atoms with Gasteiger partial charge in [-0.3, -0.25) is 10.3 Å². The lowest BCUT2D eigenvalue weighted by Gasteiger charge is -2.42. The van der Waals surface area contributed by atoms with Crippen LogP contribution < -0.4 is 5.32 Å². The Labute approximate surface area is 145 Å². The maximum Gasteiger partial charge on any atom is 0.0626 e. The summed E-state index contributed by atoms with van der Waals surface area (Å²) in [6.07, 6.45) is 8.19. The zero-order chi connectivity index (χ0) is 16.8. The molecule has 1 fully saturated rings. The molecular formula is C21H28N2O. The Morgan fingerprint density at radius 2 is 1.79 bits per heavy atom. The van der Waals surface area contributed by atoms with Crippen LogP contribution in [-0.2, 0) is 5.54 Å². The summed E-state index contributed by atoms with van der Waals surface area (Å²) in [5.41, 5.74) is 1.97. The van der Waals surface area contributed by atoms with Gasteiger partial charge in [0.15, 0.2) is 0 Å². The third-order valence-electron chi connectivity index (χ3n) is 5.48. The van der Waals surface area contributed by atoms with E-state index in [4.69, 9.17) is 0 Å². The summed E-state index contributed by atoms with van der Waals surface area (Å²) < 4.78 is 0. The van der Waals surface area contributed by atoms with Crippen LogP contribution in [-0.4, -0.2) is 16.7 Å². The highest BCUT2D eigenvalue weighted by molar-refractivity contribution is 5.23. The van der Waals surface area contributed by atoms with E-state index >= 15 is 0 Å². The molecule has 2 atom stereocenters. The van der Waals surface area contributed by atoms with Crippen LogP contribution in [0, 0.1) is 5.92 Å². The van der Waals surface area contributed by atoms with Crippen molar-refractivity contribution in [3.63, 3.8) is 0 Å². The van der Waals surface area contributed by atoms with E-state index < -0.39 is 0 Å². The molecule has 1 aromatic carbocycles. The smallest absolute Gasteiger partial charge is 0.0626 e. The second-order valence-corrected chi connectivity index (χ2v) is 7.04. The molecule has 24 heavy (non-hydrogen) atoms. The predicted octanol–water partition coefficient (Wildman–Crippen LogP) is 4.20. The second-order valence-electron chi connectivity index (χ2n) is 7.04. The molecule has 3 rings (SSSR count). The molecule has 1 heterocycles. The molecule has 0 unspecified atom stereocenters. The van der Waals surface area contributed by atoms with Crippen molar-refractivity contribution >= 4 is 0 Å². The summed E-state index contributed by atoms with van der Waals surface area (Å²) in [6, 6.07) is 16.3. The van der Waals surface area contributed by atoms with Gasteiger partial charge in [0.05, 0.1) is 23.9 Å². The van der Waals surface area contributed by atoms with E-state index in [-0.39, 0.29) is 18.2 Å². The van der Waals surface area contributed by atoms with E-state index in [0.29, 0.717) is 5.92 Å². The normalized spacial score (nSPS) is 19.6. The van der Waals surface area contributed by atoms with Crippen molar-refractivity contribution in [2.24, 2.45) is 5.92 Å². The lowest BCUT2D eigenvalue weighted by molar-refractivity contribution is 0.129. The first-order valence-corrected chi connectivity index (χ1v) is 9.09. The third-order valence-corrected chi connectivity index (χ3v) is 5.48. The number of aliphatic hydroxyl groups is 1. The van der Waals surface area contributed by atoms with Gasteiger partial charge in [-0.15, -0.1) is 0 Å². The lowest BCUT2D eigenvalue weighted by atomic mass is 9.73. The Balaban J connectivity index is 1.92. The van der Waals surface area contributed by atoms with Crippen molar-refractivity contribution in [3.05, 3.63) is 66.0 Å². The van der Waals surface area contributed by atoms with E-state index in [1.165, 1.54) is 32.1 Å². The highest BCUT2D eigenvalue weighted by atomic mass is 16.3. The first-order valence-electron chi connectivity index (χ1n) is 9.09. The van der Waals surface area contributed by atoms with Crippen LogP contribution in [0.1, 0.15) is 56.3 Å². The summed E-state index contributed by atoms with van der Waals surface area (Å²) in [4.78, 5) is 4.66. The summed E-state index contributed by atoms with van der Waals surface area (Å²) in [7, 11) is 0. The fourth-order valence-corrected chi connectivity index (χ4v) is 4.03. The summed E-state index contributed by atoms with van der Waals surface area (Å²) >= 11 is 0. The summed E-state index contributed by atoms with van der Waals surface area (Å²) in [6.45, 7) is 2.34. The highest BCUT2D eigenvalue weighted by Gasteiger charge is 2.39. The Bertz CT molecular complexity index is 610. The van der Waals surface area contributed by atoms with Crippen LogP contribution in [0.25, 0.3) is 0 Å². The van der Waals surface area contributed by atoms with Gasteiger partial charge >= 0.3 is 0 Å². The first kappa shape index (κ1) is 17.1. The molecule has 0 amide bonds. The molecule has 128 valence electrons. The maximum atomic E-state index is 10.0. The second kappa shape index (κ2) is 7.91. The zero-order valence-corrected chi connectivity index (χ0v) is 14.5. The van der Waals surface area contributed by atoms with Gasteiger partial charge < -0.3 is 5.11 Å². The van der Waals surface area contributed by atoms with Gasteiger partial charge in [-0.1, -0.05) is 55.7 Å². The molecule has 1 aliphatic rings. The van der Waals surface area contributed by atoms with Crippen molar-refractivity contribution in [3.8, 4) is 0 Å². The van der Waals surface area contributed by atoms with Crippen LogP contribution in [0.4, 0.5) is 0 Å². The van der Waals surface area contributed by atoms with Gasteiger partial charge in [0.2, 0.25) is 0 Å². The molecule has 0 radical (unpaired) electrons. The molecule has 1 saturated carbocycles. The monoisotopic (exact) mass is 324 g/mol. The van der Waals surface area contributed by atoms with Gasteiger partial charge in [0.25, 0.3) is 0 Å².